The summed E-state index contributed by atoms with van der Waals surface area (Å²) in [5.74, 6) is 0.718. The van der Waals surface area contributed by atoms with Gasteiger partial charge in [0.15, 0.2) is 0 Å². The third-order valence-corrected chi connectivity index (χ3v) is 2.75. The molecule has 2 rings (SSSR count). The molecule has 0 saturated heterocycles. The van der Waals surface area contributed by atoms with Crippen LogP contribution in [0.3, 0.4) is 0 Å². The lowest BCUT2D eigenvalue weighted by molar-refractivity contribution is 1.01. The molecule has 0 saturated carbocycles. The highest BCUT2D eigenvalue weighted by Crippen LogP contribution is 2.19. The number of aryl methyl sites for hydroxylation is 2. The van der Waals surface area contributed by atoms with Crippen molar-refractivity contribution in [3.63, 3.8) is 0 Å². The lowest BCUT2D eigenvalue weighted by Crippen LogP contribution is -2.07. The van der Waals surface area contributed by atoms with Crippen molar-refractivity contribution in [3.05, 3.63) is 47.4 Å². The van der Waals surface area contributed by atoms with Crippen molar-refractivity contribution in [2.75, 3.05) is 11.1 Å². The maximum absolute atomic E-state index is 5.94. The monoisotopic (exact) mass is 228 g/mol. The minimum atomic E-state index is 0.632. The van der Waals surface area contributed by atoms with Crippen molar-refractivity contribution < 1.29 is 0 Å². The van der Waals surface area contributed by atoms with Gasteiger partial charge in [-0.2, -0.15) is 0 Å². The molecule has 0 fully saturated rings. The fourth-order valence-corrected chi connectivity index (χ4v) is 1.58. The second kappa shape index (κ2) is 4.82. The number of nitrogens with one attached hydrogen (secondary N) is 1. The van der Waals surface area contributed by atoms with E-state index >= 15 is 0 Å². The molecule has 4 heteroatoms. The summed E-state index contributed by atoms with van der Waals surface area (Å²) in [4.78, 5) is 8.53. The normalized spacial score (nSPS) is 10.2. The first kappa shape index (κ1) is 11.4. The van der Waals surface area contributed by atoms with Crippen LogP contribution in [-0.4, -0.2) is 9.97 Å². The van der Waals surface area contributed by atoms with Crippen LogP contribution in [0.2, 0.25) is 0 Å². The number of pyridine rings is 2. The molecule has 2 aromatic heterocycles. The smallest absolute Gasteiger partial charge is 0.149 e. The lowest BCUT2D eigenvalue weighted by Gasteiger charge is -2.10. The van der Waals surface area contributed by atoms with Gasteiger partial charge in [0.1, 0.15) is 5.82 Å². The lowest BCUT2D eigenvalue weighted by atomic mass is 10.2. The van der Waals surface area contributed by atoms with Crippen LogP contribution in [0.5, 0.6) is 0 Å². The molecule has 0 unspecified atom stereocenters. The Kier molecular flexibility index (Phi) is 3.23. The number of anilines is 2. The van der Waals surface area contributed by atoms with E-state index in [4.69, 9.17) is 5.73 Å². The standard InChI is InChI=1S/C13H16N4/c1-9-4-3-6-15-11(9)8-17-13-12(14)10(2)5-7-16-13/h3-7H,8,14H2,1-2H3,(H,16,17). The van der Waals surface area contributed by atoms with Crippen LogP contribution in [0.1, 0.15) is 16.8 Å². The van der Waals surface area contributed by atoms with Crippen LogP contribution in [0, 0.1) is 13.8 Å². The summed E-state index contributed by atoms with van der Waals surface area (Å²) in [5.41, 5.74) is 9.83. The minimum Gasteiger partial charge on any atom is -0.396 e. The SMILES string of the molecule is Cc1cccnc1CNc1nccc(C)c1N. The van der Waals surface area contributed by atoms with Gasteiger partial charge in [-0.3, -0.25) is 4.98 Å². The molecule has 0 aromatic carbocycles. The predicted octanol–water partition coefficient (Wildman–Crippen LogP) is 2.29. The molecule has 4 nitrogen and oxygen atoms in total. The van der Waals surface area contributed by atoms with Crippen LogP contribution in [-0.2, 0) is 6.54 Å². The highest BCUT2D eigenvalue weighted by molar-refractivity contribution is 5.64. The summed E-state index contributed by atoms with van der Waals surface area (Å²) in [5, 5.41) is 3.21. The Hall–Kier alpha value is -2.10. The Labute approximate surface area is 101 Å². The van der Waals surface area contributed by atoms with E-state index in [9.17, 15) is 0 Å². The molecule has 0 radical (unpaired) electrons. The molecule has 2 aromatic rings. The van der Waals surface area contributed by atoms with Crippen LogP contribution >= 0.6 is 0 Å². The molecule has 17 heavy (non-hydrogen) atoms. The average molecular weight is 228 g/mol. The first-order valence-corrected chi connectivity index (χ1v) is 5.54. The minimum absolute atomic E-state index is 0.632. The third kappa shape index (κ3) is 2.53. The van der Waals surface area contributed by atoms with Crippen molar-refractivity contribution in [2.24, 2.45) is 0 Å². The molecule has 0 bridgehead atoms. The van der Waals surface area contributed by atoms with Gasteiger partial charge in [0.05, 0.1) is 17.9 Å². The molecular formula is C13H16N4. The van der Waals surface area contributed by atoms with Crippen molar-refractivity contribution >= 4 is 11.5 Å². The Balaban J connectivity index is 2.13. The molecule has 0 spiro atoms. The number of hydrogen-bond donors (Lipinski definition) is 2. The molecule has 0 aliphatic carbocycles. The van der Waals surface area contributed by atoms with Gasteiger partial charge in [0.25, 0.3) is 0 Å². The molecule has 0 amide bonds. The Morgan fingerprint density at radius 3 is 2.71 bits per heavy atom. The predicted molar refractivity (Wildman–Crippen MR) is 69.7 cm³/mol. The summed E-state index contributed by atoms with van der Waals surface area (Å²) in [7, 11) is 0. The Bertz CT molecular complexity index is 523. The van der Waals surface area contributed by atoms with Gasteiger partial charge in [-0.25, -0.2) is 4.98 Å². The Morgan fingerprint density at radius 2 is 1.94 bits per heavy atom. The summed E-state index contributed by atoms with van der Waals surface area (Å²) < 4.78 is 0. The quantitative estimate of drug-likeness (QED) is 0.846. The maximum Gasteiger partial charge on any atom is 0.149 e. The summed E-state index contributed by atoms with van der Waals surface area (Å²) in [6.45, 7) is 4.64. The summed E-state index contributed by atoms with van der Waals surface area (Å²) in [6, 6.07) is 5.86. The topological polar surface area (TPSA) is 63.8 Å². The number of hydrogen-bond acceptors (Lipinski definition) is 4. The largest absolute Gasteiger partial charge is 0.396 e. The van der Waals surface area contributed by atoms with E-state index in [0.717, 1.165) is 22.6 Å². The zero-order valence-corrected chi connectivity index (χ0v) is 10.1. The van der Waals surface area contributed by atoms with Gasteiger partial charge in [-0.15, -0.1) is 0 Å². The van der Waals surface area contributed by atoms with Gasteiger partial charge < -0.3 is 11.1 Å². The van der Waals surface area contributed by atoms with Crippen molar-refractivity contribution in [1.29, 1.82) is 0 Å². The molecule has 0 atom stereocenters. The maximum atomic E-state index is 5.94. The number of aromatic nitrogens is 2. The van der Waals surface area contributed by atoms with E-state index < -0.39 is 0 Å². The molecule has 3 N–H and O–H groups in total. The van der Waals surface area contributed by atoms with Gasteiger partial charge in [-0.05, 0) is 37.1 Å². The summed E-state index contributed by atoms with van der Waals surface area (Å²) in [6.07, 6.45) is 3.54. The van der Waals surface area contributed by atoms with Gasteiger partial charge >= 0.3 is 0 Å². The van der Waals surface area contributed by atoms with Crippen molar-refractivity contribution in [1.82, 2.24) is 9.97 Å². The van der Waals surface area contributed by atoms with Gasteiger partial charge in [0.2, 0.25) is 0 Å². The van der Waals surface area contributed by atoms with Gasteiger partial charge in [0, 0.05) is 12.4 Å². The zero-order chi connectivity index (χ0) is 12.3. The summed E-state index contributed by atoms with van der Waals surface area (Å²) >= 11 is 0. The highest BCUT2D eigenvalue weighted by atomic mass is 15.0. The molecule has 88 valence electrons. The van der Waals surface area contributed by atoms with E-state index in [0.29, 0.717) is 12.2 Å². The first-order valence-electron chi connectivity index (χ1n) is 5.54. The number of nitrogens with two attached hydrogens (primary N) is 1. The van der Waals surface area contributed by atoms with Crippen LogP contribution in [0.25, 0.3) is 0 Å². The fourth-order valence-electron chi connectivity index (χ4n) is 1.58. The van der Waals surface area contributed by atoms with Crippen molar-refractivity contribution in [3.8, 4) is 0 Å². The number of rotatable bonds is 3. The third-order valence-electron chi connectivity index (χ3n) is 2.75. The highest BCUT2D eigenvalue weighted by Gasteiger charge is 2.04. The Morgan fingerprint density at radius 1 is 1.12 bits per heavy atom. The van der Waals surface area contributed by atoms with E-state index in [-0.39, 0.29) is 0 Å². The van der Waals surface area contributed by atoms with Crippen LogP contribution in [0.15, 0.2) is 30.6 Å². The fraction of sp³-hybridized carbons (Fsp3) is 0.231. The van der Waals surface area contributed by atoms with Gasteiger partial charge in [-0.1, -0.05) is 6.07 Å². The number of nitrogens with zero attached hydrogens (tertiary/aromatic N) is 2. The van der Waals surface area contributed by atoms with Crippen LogP contribution < -0.4 is 11.1 Å². The van der Waals surface area contributed by atoms with Crippen molar-refractivity contribution in [2.45, 2.75) is 20.4 Å². The van der Waals surface area contributed by atoms with E-state index in [2.05, 4.69) is 15.3 Å². The average Bonchev–Trinajstić information content (AvgIpc) is 2.33. The van der Waals surface area contributed by atoms with E-state index in [1.807, 2.05) is 32.0 Å². The van der Waals surface area contributed by atoms with E-state index in [1.165, 1.54) is 0 Å². The second-order valence-corrected chi connectivity index (χ2v) is 4.01. The number of nitrogen functional groups attached to an aromatic ring is 1. The van der Waals surface area contributed by atoms with E-state index in [1.54, 1.807) is 12.4 Å². The zero-order valence-electron chi connectivity index (χ0n) is 10.1. The molecule has 0 aliphatic heterocycles. The molecule has 2 heterocycles. The second-order valence-electron chi connectivity index (χ2n) is 4.01. The molecule has 0 aliphatic rings. The first-order chi connectivity index (χ1) is 8.18. The van der Waals surface area contributed by atoms with Crippen LogP contribution in [0.4, 0.5) is 11.5 Å². The molecular weight excluding hydrogens is 212 g/mol.